The van der Waals surface area contributed by atoms with Crippen LogP contribution < -0.4 is 26.9 Å². The lowest BCUT2D eigenvalue weighted by molar-refractivity contribution is -0.730. The molecular weight excluding hydrogens is 442 g/mol. The number of anilines is 2. The Kier molecular flexibility index (Phi) is 4.88. The van der Waals surface area contributed by atoms with Gasteiger partial charge in [-0.3, -0.25) is 9.52 Å². The molecule has 156 valence electrons. The topological polar surface area (TPSA) is 174 Å². The first-order chi connectivity index (χ1) is 14.7. The third-order valence-corrected chi connectivity index (χ3v) is 6.21. The number of aromatic nitrogens is 3. The van der Waals surface area contributed by atoms with Crippen molar-refractivity contribution >= 4 is 56.2 Å². The van der Waals surface area contributed by atoms with E-state index in [0.29, 0.717) is 16.3 Å². The normalized spacial score (nSPS) is 11.7. The maximum absolute atomic E-state index is 12.9. The number of aryl methyl sites for hydroxylation is 1. The minimum absolute atomic E-state index is 0.0155. The number of nitrogens with zero attached hydrogens (tertiary/aromatic N) is 4. The summed E-state index contributed by atoms with van der Waals surface area (Å²) in [6.07, 6.45) is 0. The van der Waals surface area contributed by atoms with E-state index in [1.807, 2.05) is 6.07 Å². The van der Waals surface area contributed by atoms with Gasteiger partial charge in [-0.25, -0.2) is 9.78 Å². The van der Waals surface area contributed by atoms with Crippen LogP contribution in [0.3, 0.4) is 0 Å². The lowest BCUT2D eigenvalue weighted by Crippen LogP contribution is -2.34. The van der Waals surface area contributed by atoms with Crippen LogP contribution >= 0.6 is 22.9 Å². The third kappa shape index (κ3) is 3.18. The van der Waals surface area contributed by atoms with Crippen LogP contribution in [0.2, 0.25) is 5.02 Å². The van der Waals surface area contributed by atoms with Gasteiger partial charge in [0.2, 0.25) is 0 Å². The van der Waals surface area contributed by atoms with E-state index < -0.39 is 11.5 Å². The molecule has 0 atom stereocenters. The molecule has 0 amide bonds. The van der Waals surface area contributed by atoms with Gasteiger partial charge in [0.1, 0.15) is 22.3 Å². The van der Waals surface area contributed by atoms with Gasteiger partial charge in [0.15, 0.2) is 7.05 Å². The van der Waals surface area contributed by atoms with Crippen molar-refractivity contribution in [3.05, 3.63) is 49.6 Å². The van der Waals surface area contributed by atoms with Crippen LogP contribution in [0.4, 0.5) is 17.2 Å². The zero-order chi connectivity index (χ0) is 22.4. The SMILES string of the molecule is Cc1c(Cl)cccc1N=C([O-])c1sc2nc(N)c(C#N)c(-c3c(=O)o[nH][n+]3C)c2c1N. The van der Waals surface area contributed by atoms with E-state index in [9.17, 15) is 15.2 Å². The Bertz CT molecular complexity index is 1490. The number of aliphatic imine (C=N–C) groups is 1. The summed E-state index contributed by atoms with van der Waals surface area (Å²) in [6.45, 7) is 1.74. The maximum atomic E-state index is 12.9. The van der Waals surface area contributed by atoms with Gasteiger partial charge >= 0.3 is 11.3 Å². The Hall–Kier alpha value is -3.88. The second-order valence-electron chi connectivity index (χ2n) is 6.57. The number of hydrogen-bond acceptors (Lipinski definition) is 9. The molecule has 12 heteroatoms. The molecule has 0 unspecified atom stereocenters. The van der Waals surface area contributed by atoms with E-state index >= 15 is 0 Å². The second-order valence-corrected chi connectivity index (χ2v) is 7.98. The molecule has 31 heavy (non-hydrogen) atoms. The minimum atomic E-state index is -0.733. The first-order valence-corrected chi connectivity index (χ1v) is 9.94. The van der Waals surface area contributed by atoms with E-state index in [4.69, 9.17) is 27.6 Å². The standard InChI is InChI=1S/C19H14ClN7O3S/c1-7-9(20)4-3-5-10(7)24-17(28)15-13(22)12-11(14-19(29)30-26-27(14)2)8(6-21)16(23)25-18(12)31-15/h3-5H,1-2H3,(H5-,22,23,24,25,26,28,29). The fourth-order valence-electron chi connectivity index (χ4n) is 3.17. The first kappa shape index (κ1) is 20.4. The van der Waals surface area contributed by atoms with E-state index in [2.05, 4.69) is 15.2 Å². The molecule has 5 N–H and O–H groups in total. The fourth-order valence-corrected chi connectivity index (χ4v) is 4.33. The molecule has 0 radical (unpaired) electrons. The highest BCUT2D eigenvalue weighted by Crippen LogP contribution is 2.41. The molecule has 0 saturated heterocycles. The average Bonchev–Trinajstić information content (AvgIpc) is 3.23. The number of rotatable bonds is 3. The van der Waals surface area contributed by atoms with Gasteiger partial charge in [-0.1, -0.05) is 22.3 Å². The maximum Gasteiger partial charge on any atom is 0.435 e. The van der Waals surface area contributed by atoms with Crippen molar-refractivity contribution in [3.63, 3.8) is 0 Å². The Morgan fingerprint density at radius 3 is 2.84 bits per heavy atom. The summed E-state index contributed by atoms with van der Waals surface area (Å²) < 4.78 is 6.10. The molecule has 0 fully saturated rings. The lowest BCUT2D eigenvalue weighted by Gasteiger charge is -2.11. The Labute approximate surface area is 183 Å². The number of halogens is 1. The van der Waals surface area contributed by atoms with E-state index in [-0.39, 0.29) is 43.4 Å². The summed E-state index contributed by atoms with van der Waals surface area (Å²) in [7, 11) is 1.52. The number of aromatic amines is 1. The number of H-pyrrole nitrogens is 1. The predicted octanol–water partition coefficient (Wildman–Crippen LogP) is 1.51. The number of fused-ring (bicyclic) bond motifs is 1. The molecule has 10 nitrogen and oxygen atoms in total. The molecule has 1 aromatic carbocycles. The molecule has 4 rings (SSSR count). The summed E-state index contributed by atoms with van der Waals surface area (Å²) in [6, 6.07) is 6.98. The van der Waals surface area contributed by atoms with Gasteiger partial charge in [-0.05, 0) is 29.9 Å². The van der Waals surface area contributed by atoms with Crippen molar-refractivity contribution in [2.45, 2.75) is 6.92 Å². The highest BCUT2D eigenvalue weighted by Gasteiger charge is 2.31. The molecule has 0 saturated carbocycles. The third-order valence-electron chi connectivity index (χ3n) is 4.71. The zero-order valence-corrected chi connectivity index (χ0v) is 17.8. The van der Waals surface area contributed by atoms with Gasteiger partial charge < -0.3 is 16.6 Å². The van der Waals surface area contributed by atoms with Crippen molar-refractivity contribution < 1.29 is 14.3 Å². The number of benzene rings is 1. The van der Waals surface area contributed by atoms with Crippen LogP contribution in [-0.2, 0) is 7.05 Å². The van der Waals surface area contributed by atoms with Gasteiger partial charge in [0.05, 0.1) is 27.2 Å². The minimum Gasteiger partial charge on any atom is -0.858 e. The molecule has 0 aliphatic heterocycles. The number of nitrogens with two attached hydrogens (primary N) is 2. The van der Waals surface area contributed by atoms with Gasteiger partial charge in [-0.15, -0.1) is 11.3 Å². The molecule has 0 spiro atoms. The lowest BCUT2D eigenvalue weighted by atomic mass is 10.0. The molecule has 4 aromatic rings. The number of nitrogens with one attached hydrogen (secondary N) is 1. The highest BCUT2D eigenvalue weighted by atomic mass is 35.5. The fraction of sp³-hybridized carbons (Fsp3) is 0.105. The average molecular weight is 456 g/mol. The summed E-state index contributed by atoms with van der Waals surface area (Å²) in [5, 5.41) is 25.7. The van der Waals surface area contributed by atoms with Crippen LogP contribution in [0, 0.1) is 18.3 Å². The van der Waals surface area contributed by atoms with Crippen LogP contribution in [-0.4, -0.2) is 16.2 Å². The van der Waals surface area contributed by atoms with Crippen LogP contribution in [0.25, 0.3) is 21.5 Å². The van der Waals surface area contributed by atoms with Crippen molar-refractivity contribution in [1.82, 2.24) is 10.3 Å². The van der Waals surface area contributed by atoms with Crippen LogP contribution in [0.5, 0.6) is 0 Å². The summed E-state index contributed by atoms with van der Waals surface area (Å²) in [5.74, 6) is -0.715. The van der Waals surface area contributed by atoms with E-state index in [1.54, 1.807) is 25.1 Å². The first-order valence-electron chi connectivity index (χ1n) is 8.75. The van der Waals surface area contributed by atoms with Crippen molar-refractivity contribution in [2.75, 3.05) is 11.5 Å². The zero-order valence-electron chi connectivity index (χ0n) is 16.2. The number of thiophene rings is 1. The smallest absolute Gasteiger partial charge is 0.435 e. The number of hydrogen-bond donors (Lipinski definition) is 3. The molecule has 0 bridgehead atoms. The molecule has 3 heterocycles. The molecule has 3 aromatic heterocycles. The summed E-state index contributed by atoms with van der Waals surface area (Å²) >= 11 is 7.07. The van der Waals surface area contributed by atoms with Crippen LogP contribution in [0.15, 0.2) is 32.5 Å². The number of pyridine rings is 1. The largest absolute Gasteiger partial charge is 0.858 e. The van der Waals surface area contributed by atoms with Crippen molar-refractivity contribution in [1.29, 1.82) is 5.26 Å². The molecule has 0 aliphatic rings. The van der Waals surface area contributed by atoms with Crippen LogP contribution in [0.1, 0.15) is 16.0 Å². The Balaban J connectivity index is 2.04. The Morgan fingerprint density at radius 2 is 2.19 bits per heavy atom. The second kappa shape index (κ2) is 7.42. The van der Waals surface area contributed by atoms with Crippen molar-refractivity contribution in [3.8, 4) is 17.3 Å². The number of nitriles is 1. The molecular formula is C19H14ClN7O3S. The van der Waals surface area contributed by atoms with Gasteiger partial charge in [0.25, 0.3) is 0 Å². The van der Waals surface area contributed by atoms with Gasteiger partial charge in [0, 0.05) is 10.9 Å². The summed E-state index contributed by atoms with van der Waals surface area (Å²) in [5.41, 5.74) is 12.7. The predicted molar refractivity (Wildman–Crippen MR) is 115 cm³/mol. The quantitative estimate of drug-likeness (QED) is 0.238. The van der Waals surface area contributed by atoms with E-state index in [0.717, 1.165) is 11.3 Å². The van der Waals surface area contributed by atoms with Crippen molar-refractivity contribution in [2.24, 2.45) is 12.0 Å². The van der Waals surface area contributed by atoms with Gasteiger partial charge in [-0.2, -0.15) is 5.26 Å². The molecule has 0 aliphatic carbocycles. The Morgan fingerprint density at radius 1 is 1.45 bits per heavy atom. The highest BCUT2D eigenvalue weighted by molar-refractivity contribution is 7.21. The van der Waals surface area contributed by atoms with E-state index in [1.165, 1.54) is 11.7 Å². The monoisotopic (exact) mass is 455 g/mol. The number of nitrogen functional groups attached to an aromatic ring is 2. The summed E-state index contributed by atoms with van der Waals surface area (Å²) in [4.78, 5) is 21.0.